The van der Waals surface area contributed by atoms with Crippen LogP contribution in [-0.2, 0) is 9.53 Å². The van der Waals surface area contributed by atoms with Crippen molar-refractivity contribution in [3.05, 3.63) is 69.3 Å². The Morgan fingerprint density at radius 2 is 1.77 bits per heavy atom. The molecule has 2 aromatic carbocycles. The van der Waals surface area contributed by atoms with Crippen LogP contribution in [0.2, 0.25) is 0 Å². The van der Waals surface area contributed by atoms with Crippen molar-refractivity contribution in [3.8, 4) is 5.75 Å². The number of anilines is 1. The molecule has 8 heteroatoms. The maximum Gasteiger partial charge on any atom is 0.412 e. The van der Waals surface area contributed by atoms with Gasteiger partial charge >= 0.3 is 12.1 Å². The molecule has 0 heterocycles. The number of halogens is 1. The smallest absolute Gasteiger partial charge is 0.412 e. The lowest BCUT2D eigenvalue weighted by molar-refractivity contribution is -0.131. The van der Waals surface area contributed by atoms with Gasteiger partial charge in [-0.1, -0.05) is 19.9 Å². The van der Waals surface area contributed by atoms with Gasteiger partial charge in [-0.2, -0.15) is 0 Å². The lowest BCUT2D eigenvalue weighted by Crippen LogP contribution is -2.28. The van der Waals surface area contributed by atoms with Crippen molar-refractivity contribution < 1.29 is 29.3 Å². The molecule has 0 radical (unpaired) electrons. The highest BCUT2D eigenvalue weighted by molar-refractivity contribution is 14.1. The number of ether oxygens (including phenoxy) is 1. The number of phenols is 1. The first-order valence-electron chi connectivity index (χ1n) is 8.99. The Morgan fingerprint density at radius 1 is 1.13 bits per heavy atom. The third kappa shape index (κ3) is 6.31. The number of hydrogen-bond donors (Lipinski definition) is 3. The van der Waals surface area contributed by atoms with Crippen LogP contribution in [-0.4, -0.2) is 28.1 Å². The summed E-state index contributed by atoms with van der Waals surface area (Å²) >= 11 is 2.07. The van der Waals surface area contributed by atoms with Crippen LogP contribution in [0.3, 0.4) is 0 Å². The molecule has 2 rings (SSSR count). The molecule has 3 N–H and O–H groups in total. The molecule has 30 heavy (non-hydrogen) atoms. The number of Topliss-reactive ketones (excluding diaryl/α,β-unsaturated/α-hetero) is 1. The Labute approximate surface area is 187 Å². The molecule has 0 spiro atoms. The van der Waals surface area contributed by atoms with Crippen LogP contribution in [0.1, 0.15) is 42.8 Å². The molecule has 0 aliphatic rings. The minimum atomic E-state index is -1.14. The average molecular weight is 523 g/mol. The molecule has 7 nitrogen and oxygen atoms in total. The standard InChI is InChI=1S/C22H22INO6/c1-13(25)14-4-7-16(8-5-14)24-21(29)30-20(22(2,3)11-10-19(27)28)17-12-15(23)6-9-18(17)26/h4-12,20,26H,1-3H3,(H,24,29)(H,27,28)/b11-10+/t20-/m0/s1. The lowest BCUT2D eigenvalue weighted by Gasteiger charge is -2.32. The summed E-state index contributed by atoms with van der Waals surface area (Å²) in [4.78, 5) is 34.9. The molecule has 0 fully saturated rings. The van der Waals surface area contributed by atoms with E-state index in [4.69, 9.17) is 9.84 Å². The summed E-state index contributed by atoms with van der Waals surface area (Å²) < 4.78 is 6.44. The van der Waals surface area contributed by atoms with Gasteiger partial charge in [-0.25, -0.2) is 9.59 Å². The fraction of sp³-hybridized carbons (Fsp3) is 0.227. The number of carboxylic acid groups (broad SMARTS) is 1. The van der Waals surface area contributed by atoms with Crippen molar-refractivity contribution in [2.45, 2.75) is 26.9 Å². The fourth-order valence-corrected chi connectivity index (χ4v) is 3.28. The van der Waals surface area contributed by atoms with E-state index >= 15 is 0 Å². The van der Waals surface area contributed by atoms with Crippen LogP contribution < -0.4 is 5.32 Å². The fourth-order valence-electron chi connectivity index (χ4n) is 2.77. The average Bonchev–Trinajstić information content (AvgIpc) is 2.67. The third-order valence-corrected chi connectivity index (χ3v) is 5.04. The van der Waals surface area contributed by atoms with Gasteiger partial charge in [0.2, 0.25) is 0 Å². The molecule has 0 saturated heterocycles. The number of carboxylic acids is 1. The van der Waals surface area contributed by atoms with Crippen LogP contribution in [0, 0.1) is 8.99 Å². The number of benzene rings is 2. The summed E-state index contributed by atoms with van der Waals surface area (Å²) in [5.41, 5.74) is 0.338. The summed E-state index contributed by atoms with van der Waals surface area (Å²) in [6.07, 6.45) is 0.624. The van der Waals surface area contributed by atoms with Gasteiger partial charge in [0.1, 0.15) is 11.9 Å². The first-order valence-corrected chi connectivity index (χ1v) is 10.1. The molecule has 0 saturated carbocycles. The number of amides is 1. The third-order valence-electron chi connectivity index (χ3n) is 4.37. The van der Waals surface area contributed by atoms with Crippen LogP contribution in [0.25, 0.3) is 0 Å². The van der Waals surface area contributed by atoms with E-state index in [1.54, 1.807) is 50.2 Å². The zero-order valence-electron chi connectivity index (χ0n) is 16.7. The normalized spacial score (nSPS) is 12.4. The van der Waals surface area contributed by atoms with Gasteiger partial charge in [-0.3, -0.25) is 10.1 Å². The second kappa shape index (κ2) is 9.75. The molecular formula is C22H22INO6. The van der Waals surface area contributed by atoms with Crippen molar-refractivity contribution in [1.29, 1.82) is 0 Å². The topological polar surface area (TPSA) is 113 Å². The van der Waals surface area contributed by atoms with Gasteiger partial charge in [-0.05, 0) is 72.0 Å². The Bertz CT molecular complexity index is 982. The molecule has 0 unspecified atom stereocenters. The maximum atomic E-state index is 12.6. The van der Waals surface area contributed by atoms with Gasteiger partial charge in [-0.15, -0.1) is 0 Å². The second-order valence-corrected chi connectivity index (χ2v) is 8.49. The van der Waals surface area contributed by atoms with Crippen LogP contribution in [0.5, 0.6) is 5.75 Å². The highest BCUT2D eigenvalue weighted by atomic mass is 127. The predicted molar refractivity (Wildman–Crippen MR) is 121 cm³/mol. The van der Waals surface area contributed by atoms with E-state index in [0.717, 1.165) is 9.65 Å². The minimum Gasteiger partial charge on any atom is -0.508 e. The van der Waals surface area contributed by atoms with Gasteiger partial charge in [0.15, 0.2) is 5.78 Å². The number of carbonyl (C=O) groups is 3. The molecule has 0 bridgehead atoms. The van der Waals surface area contributed by atoms with Crippen LogP contribution >= 0.6 is 22.6 Å². The molecule has 0 aromatic heterocycles. The highest BCUT2D eigenvalue weighted by Crippen LogP contribution is 2.42. The number of aromatic hydroxyl groups is 1. The van der Waals surface area contributed by atoms with E-state index in [1.807, 2.05) is 0 Å². The summed E-state index contributed by atoms with van der Waals surface area (Å²) in [5.74, 6) is -1.30. The van der Waals surface area contributed by atoms with Crippen LogP contribution in [0.15, 0.2) is 54.6 Å². The van der Waals surface area contributed by atoms with Crippen molar-refractivity contribution in [1.82, 2.24) is 0 Å². The van der Waals surface area contributed by atoms with Gasteiger partial charge in [0, 0.05) is 31.9 Å². The lowest BCUT2D eigenvalue weighted by atomic mass is 9.81. The molecule has 1 atom stereocenters. The van der Waals surface area contributed by atoms with E-state index in [9.17, 15) is 19.5 Å². The van der Waals surface area contributed by atoms with Crippen molar-refractivity contribution in [2.75, 3.05) is 5.32 Å². The molecule has 0 aliphatic carbocycles. The Balaban J connectivity index is 2.32. The highest BCUT2D eigenvalue weighted by Gasteiger charge is 2.34. The van der Waals surface area contributed by atoms with Crippen molar-refractivity contribution in [3.63, 3.8) is 0 Å². The van der Waals surface area contributed by atoms with E-state index in [0.29, 0.717) is 16.8 Å². The van der Waals surface area contributed by atoms with Crippen molar-refractivity contribution >= 4 is 46.1 Å². The number of hydrogen-bond acceptors (Lipinski definition) is 5. The number of carbonyl (C=O) groups excluding carboxylic acids is 2. The minimum absolute atomic E-state index is 0.0733. The van der Waals surface area contributed by atoms with Crippen LogP contribution in [0.4, 0.5) is 10.5 Å². The Kier molecular flexibility index (Phi) is 7.60. The molecule has 158 valence electrons. The number of phenolic OH excluding ortho intramolecular Hbond substituents is 1. The molecule has 2 aromatic rings. The Hall–Kier alpha value is -2.88. The van der Waals surface area contributed by atoms with E-state index < -0.39 is 23.6 Å². The zero-order valence-corrected chi connectivity index (χ0v) is 18.8. The van der Waals surface area contributed by atoms with Gasteiger partial charge in [0.05, 0.1) is 0 Å². The summed E-state index contributed by atoms with van der Waals surface area (Å²) in [6, 6.07) is 11.2. The number of rotatable bonds is 7. The number of nitrogens with one attached hydrogen (secondary N) is 1. The molecular weight excluding hydrogens is 501 g/mol. The molecule has 0 aliphatic heterocycles. The van der Waals surface area contributed by atoms with E-state index in [1.165, 1.54) is 19.1 Å². The van der Waals surface area contributed by atoms with E-state index in [-0.39, 0.29) is 11.5 Å². The monoisotopic (exact) mass is 523 g/mol. The SMILES string of the molecule is CC(=O)c1ccc(NC(=O)O[C@@H](c2cc(I)ccc2O)C(C)(C)/C=C/C(=O)O)cc1. The number of aliphatic carboxylic acids is 1. The van der Waals surface area contributed by atoms with Gasteiger partial charge < -0.3 is 14.9 Å². The summed E-state index contributed by atoms with van der Waals surface area (Å²) in [5, 5.41) is 21.9. The number of ketones is 1. The largest absolute Gasteiger partial charge is 0.508 e. The Morgan fingerprint density at radius 3 is 2.33 bits per heavy atom. The molecule has 1 amide bonds. The van der Waals surface area contributed by atoms with Gasteiger partial charge in [0.25, 0.3) is 0 Å². The van der Waals surface area contributed by atoms with E-state index in [2.05, 4.69) is 27.9 Å². The first-order chi connectivity index (χ1) is 14.0. The first kappa shape index (κ1) is 23.4. The van der Waals surface area contributed by atoms with Crippen molar-refractivity contribution in [2.24, 2.45) is 5.41 Å². The summed E-state index contributed by atoms with van der Waals surface area (Å²) in [7, 11) is 0. The predicted octanol–water partition coefficient (Wildman–Crippen LogP) is 5.16. The maximum absolute atomic E-state index is 12.6. The second-order valence-electron chi connectivity index (χ2n) is 7.24. The zero-order chi connectivity index (χ0) is 22.5. The quantitative estimate of drug-likeness (QED) is 0.263. The summed E-state index contributed by atoms with van der Waals surface area (Å²) in [6.45, 7) is 4.85.